The lowest BCUT2D eigenvalue weighted by Gasteiger charge is -2.51. The number of nitrogens with one attached hydrogen (secondary N) is 1. The molecular formula is C14H20FNO. The Bertz CT molecular complexity index is 374. The highest BCUT2D eigenvalue weighted by Crippen LogP contribution is 2.42. The maximum atomic E-state index is 12.7. The number of methoxy groups -OCH3 is 1. The van der Waals surface area contributed by atoms with Crippen LogP contribution >= 0.6 is 0 Å². The van der Waals surface area contributed by atoms with Gasteiger partial charge in [-0.1, -0.05) is 26.0 Å². The van der Waals surface area contributed by atoms with Gasteiger partial charge in [-0.3, -0.25) is 0 Å². The van der Waals surface area contributed by atoms with Gasteiger partial charge in [-0.2, -0.15) is 0 Å². The number of hydrogen-bond acceptors (Lipinski definition) is 2. The van der Waals surface area contributed by atoms with Crippen molar-refractivity contribution >= 4 is 0 Å². The summed E-state index contributed by atoms with van der Waals surface area (Å²) in [5.74, 6) is -0.183. The lowest BCUT2D eigenvalue weighted by atomic mass is 9.64. The molecule has 2 unspecified atom stereocenters. The molecule has 94 valence electrons. The Hall–Kier alpha value is -0.930. The first-order valence-corrected chi connectivity index (χ1v) is 6.04. The van der Waals surface area contributed by atoms with Crippen LogP contribution in [0.25, 0.3) is 0 Å². The molecule has 1 aromatic rings. The lowest BCUT2D eigenvalue weighted by molar-refractivity contribution is -0.0979. The van der Waals surface area contributed by atoms with Crippen molar-refractivity contribution < 1.29 is 9.13 Å². The van der Waals surface area contributed by atoms with E-state index in [1.807, 2.05) is 12.1 Å². The third-order valence-electron chi connectivity index (χ3n) is 3.93. The zero-order valence-electron chi connectivity index (χ0n) is 10.7. The summed E-state index contributed by atoms with van der Waals surface area (Å²) < 4.78 is 18.2. The second-order valence-corrected chi connectivity index (χ2v) is 5.34. The summed E-state index contributed by atoms with van der Waals surface area (Å²) in [5, 5.41) is 3.51. The zero-order valence-corrected chi connectivity index (χ0v) is 10.7. The molecule has 0 amide bonds. The van der Waals surface area contributed by atoms with Crippen LogP contribution in [0.5, 0.6) is 0 Å². The summed E-state index contributed by atoms with van der Waals surface area (Å²) in [4.78, 5) is 0. The Morgan fingerprint density at radius 3 is 2.53 bits per heavy atom. The Morgan fingerprint density at radius 1 is 1.35 bits per heavy atom. The zero-order chi connectivity index (χ0) is 12.5. The molecule has 1 saturated carbocycles. The molecular weight excluding hydrogens is 217 g/mol. The van der Waals surface area contributed by atoms with Gasteiger partial charge in [0.25, 0.3) is 0 Å². The maximum Gasteiger partial charge on any atom is 0.123 e. The summed E-state index contributed by atoms with van der Waals surface area (Å²) in [5.41, 5.74) is 1.29. The molecule has 2 nitrogen and oxygen atoms in total. The van der Waals surface area contributed by atoms with Crippen molar-refractivity contribution in [1.29, 1.82) is 0 Å². The van der Waals surface area contributed by atoms with E-state index in [1.165, 1.54) is 12.1 Å². The van der Waals surface area contributed by atoms with Crippen molar-refractivity contribution in [2.75, 3.05) is 7.11 Å². The van der Waals surface area contributed by atoms with E-state index in [0.717, 1.165) is 18.5 Å². The molecule has 0 radical (unpaired) electrons. The summed E-state index contributed by atoms with van der Waals surface area (Å²) in [7, 11) is 1.77. The fraction of sp³-hybridized carbons (Fsp3) is 0.571. The second-order valence-electron chi connectivity index (χ2n) is 5.34. The van der Waals surface area contributed by atoms with Crippen LogP contribution in [0.1, 0.15) is 25.8 Å². The first kappa shape index (κ1) is 12.5. The van der Waals surface area contributed by atoms with Gasteiger partial charge >= 0.3 is 0 Å². The predicted molar refractivity (Wildman–Crippen MR) is 66.2 cm³/mol. The van der Waals surface area contributed by atoms with Crippen LogP contribution in [0.3, 0.4) is 0 Å². The van der Waals surface area contributed by atoms with Gasteiger partial charge in [0.05, 0.1) is 6.10 Å². The quantitative estimate of drug-likeness (QED) is 0.869. The molecule has 0 saturated heterocycles. The average molecular weight is 237 g/mol. The first-order chi connectivity index (χ1) is 8.04. The number of ether oxygens (including phenoxy) is 1. The fourth-order valence-electron chi connectivity index (χ4n) is 2.48. The fourth-order valence-corrected chi connectivity index (χ4v) is 2.48. The smallest absolute Gasteiger partial charge is 0.123 e. The van der Waals surface area contributed by atoms with Crippen LogP contribution in [0.15, 0.2) is 24.3 Å². The molecule has 1 aromatic carbocycles. The number of rotatable bonds is 4. The summed E-state index contributed by atoms with van der Waals surface area (Å²) in [6.45, 7) is 5.21. The molecule has 0 aromatic heterocycles. The minimum absolute atomic E-state index is 0.175. The normalized spacial score (nSPS) is 26.6. The van der Waals surface area contributed by atoms with Crippen molar-refractivity contribution in [2.24, 2.45) is 5.41 Å². The minimum Gasteiger partial charge on any atom is -0.381 e. The van der Waals surface area contributed by atoms with E-state index in [2.05, 4.69) is 19.2 Å². The van der Waals surface area contributed by atoms with Gasteiger partial charge in [0.15, 0.2) is 0 Å². The second kappa shape index (κ2) is 4.75. The molecule has 1 aliphatic carbocycles. The third kappa shape index (κ3) is 2.50. The molecule has 0 spiro atoms. The number of halogens is 1. The molecule has 0 aliphatic heterocycles. The van der Waals surface area contributed by atoms with E-state index < -0.39 is 0 Å². The average Bonchev–Trinajstić information content (AvgIpc) is 2.30. The molecule has 2 atom stereocenters. The molecule has 1 aliphatic rings. The first-order valence-electron chi connectivity index (χ1n) is 6.04. The SMILES string of the molecule is COC1CC(NCc2ccc(F)cc2)C1(C)C. The van der Waals surface area contributed by atoms with Gasteiger partial charge in [-0.15, -0.1) is 0 Å². The molecule has 1 fully saturated rings. The van der Waals surface area contributed by atoms with E-state index in [9.17, 15) is 4.39 Å². The van der Waals surface area contributed by atoms with Gasteiger partial charge in [-0.05, 0) is 24.1 Å². The van der Waals surface area contributed by atoms with Crippen molar-refractivity contribution in [3.63, 3.8) is 0 Å². The van der Waals surface area contributed by atoms with Gasteiger partial charge in [0, 0.05) is 25.1 Å². The summed E-state index contributed by atoms with van der Waals surface area (Å²) in [6, 6.07) is 7.11. The summed E-state index contributed by atoms with van der Waals surface area (Å²) >= 11 is 0. The van der Waals surface area contributed by atoms with Crippen molar-refractivity contribution in [1.82, 2.24) is 5.32 Å². The minimum atomic E-state index is -0.183. The van der Waals surface area contributed by atoms with Gasteiger partial charge < -0.3 is 10.1 Å². The topological polar surface area (TPSA) is 21.3 Å². The molecule has 0 heterocycles. The molecule has 17 heavy (non-hydrogen) atoms. The Balaban J connectivity index is 1.86. The van der Waals surface area contributed by atoms with Gasteiger partial charge in [-0.25, -0.2) is 4.39 Å². The molecule has 0 bridgehead atoms. The van der Waals surface area contributed by atoms with Crippen LogP contribution < -0.4 is 5.32 Å². The van der Waals surface area contributed by atoms with Crippen molar-refractivity contribution in [2.45, 2.75) is 39.0 Å². The van der Waals surface area contributed by atoms with Crippen LogP contribution in [0.4, 0.5) is 4.39 Å². The van der Waals surface area contributed by atoms with E-state index in [0.29, 0.717) is 12.1 Å². The van der Waals surface area contributed by atoms with Crippen molar-refractivity contribution in [3.05, 3.63) is 35.6 Å². The van der Waals surface area contributed by atoms with Crippen molar-refractivity contribution in [3.8, 4) is 0 Å². The van der Waals surface area contributed by atoms with Crippen LogP contribution in [0, 0.1) is 11.2 Å². The van der Waals surface area contributed by atoms with E-state index >= 15 is 0 Å². The predicted octanol–water partition coefficient (Wildman–Crippen LogP) is 2.73. The largest absolute Gasteiger partial charge is 0.381 e. The monoisotopic (exact) mass is 237 g/mol. The van der Waals surface area contributed by atoms with E-state index in [1.54, 1.807) is 7.11 Å². The third-order valence-corrected chi connectivity index (χ3v) is 3.93. The van der Waals surface area contributed by atoms with E-state index in [4.69, 9.17) is 4.74 Å². The lowest BCUT2D eigenvalue weighted by Crippen LogP contribution is -2.60. The standard InChI is InChI=1S/C14H20FNO/c1-14(2)12(8-13(14)17-3)16-9-10-4-6-11(15)7-5-10/h4-7,12-13,16H,8-9H2,1-3H3. The van der Waals surface area contributed by atoms with Gasteiger partial charge in [0.2, 0.25) is 0 Å². The van der Waals surface area contributed by atoms with Crippen LogP contribution in [-0.2, 0) is 11.3 Å². The highest BCUT2D eigenvalue weighted by atomic mass is 19.1. The molecule has 1 N–H and O–H groups in total. The van der Waals surface area contributed by atoms with Crippen LogP contribution in [0.2, 0.25) is 0 Å². The Morgan fingerprint density at radius 2 is 2.00 bits per heavy atom. The van der Waals surface area contributed by atoms with E-state index in [-0.39, 0.29) is 11.2 Å². The maximum absolute atomic E-state index is 12.7. The van der Waals surface area contributed by atoms with Crippen LogP contribution in [-0.4, -0.2) is 19.3 Å². The number of hydrogen-bond donors (Lipinski definition) is 1. The molecule has 2 rings (SSSR count). The van der Waals surface area contributed by atoms with Gasteiger partial charge in [0.1, 0.15) is 5.82 Å². The molecule has 3 heteroatoms. The number of benzene rings is 1. The summed E-state index contributed by atoms with van der Waals surface area (Å²) in [6.07, 6.45) is 1.39. The highest BCUT2D eigenvalue weighted by Gasteiger charge is 2.48. The Labute approximate surface area is 102 Å². The Kier molecular flexibility index (Phi) is 3.50. The highest BCUT2D eigenvalue weighted by molar-refractivity contribution is 5.16.